The number of rotatable bonds is 5. The highest BCUT2D eigenvalue weighted by Gasteiger charge is 2.36. The van der Waals surface area contributed by atoms with Gasteiger partial charge >= 0.3 is 12.0 Å². The lowest BCUT2D eigenvalue weighted by Crippen LogP contribution is -2.37. The topological polar surface area (TPSA) is 119 Å². The van der Waals surface area contributed by atoms with Crippen LogP contribution in [0.4, 0.5) is 6.01 Å². The molecule has 9 nitrogen and oxygen atoms in total. The molecular formula is C16H13N3O6. The molecule has 0 bridgehead atoms. The van der Waals surface area contributed by atoms with Crippen LogP contribution >= 0.6 is 0 Å². The SMILES string of the molecule is CCOC(=O)c1coc(NC(=O)CN2C(=O)c3ccccc3C2=O)n1. The first-order valence-electron chi connectivity index (χ1n) is 7.39. The fourth-order valence-corrected chi connectivity index (χ4v) is 2.32. The smallest absolute Gasteiger partial charge is 0.360 e. The highest BCUT2D eigenvalue weighted by atomic mass is 16.5. The number of oxazole rings is 1. The summed E-state index contributed by atoms with van der Waals surface area (Å²) >= 11 is 0. The van der Waals surface area contributed by atoms with Crippen LogP contribution in [0.25, 0.3) is 0 Å². The van der Waals surface area contributed by atoms with Crippen LogP contribution in [0.5, 0.6) is 0 Å². The minimum absolute atomic E-state index is 0.0992. The van der Waals surface area contributed by atoms with Gasteiger partial charge in [-0.2, -0.15) is 4.98 Å². The average Bonchev–Trinajstić information content (AvgIpc) is 3.15. The second kappa shape index (κ2) is 6.56. The number of aromatic nitrogens is 1. The molecule has 2 aromatic rings. The summed E-state index contributed by atoms with van der Waals surface area (Å²) in [6, 6.07) is 6.08. The second-order valence-electron chi connectivity index (χ2n) is 5.05. The third-order valence-electron chi connectivity index (χ3n) is 3.42. The average molecular weight is 343 g/mol. The summed E-state index contributed by atoms with van der Waals surface area (Å²) in [7, 11) is 0. The number of esters is 1. The first kappa shape index (κ1) is 16.4. The lowest BCUT2D eigenvalue weighted by molar-refractivity contribution is -0.116. The van der Waals surface area contributed by atoms with E-state index in [1.54, 1.807) is 19.1 Å². The van der Waals surface area contributed by atoms with E-state index in [1.165, 1.54) is 12.1 Å². The lowest BCUT2D eigenvalue weighted by Gasteiger charge is -2.12. The molecule has 3 rings (SSSR count). The minimum Gasteiger partial charge on any atom is -0.461 e. The van der Waals surface area contributed by atoms with Gasteiger partial charge in [-0.05, 0) is 19.1 Å². The van der Waals surface area contributed by atoms with Crippen LogP contribution in [-0.2, 0) is 9.53 Å². The number of imide groups is 1. The molecule has 128 valence electrons. The fraction of sp³-hybridized carbons (Fsp3) is 0.188. The molecule has 0 fully saturated rings. The molecular weight excluding hydrogens is 330 g/mol. The van der Waals surface area contributed by atoms with E-state index in [0.717, 1.165) is 11.2 Å². The predicted molar refractivity (Wildman–Crippen MR) is 82.9 cm³/mol. The van der Waals surface area contributed by atoms with Crippen LogP contribution < -0.4 is 5.32 Å². The highest BCUT2D eigenvalue weighted by molar-refractivity contribution is 6.22. The number of ether oxygens (including phenoxy) is 1. The lowest BCUT2D eigenvalue weighted by atomic mass is 10.1. The zero-order chi connectivity index (χ0) is 18.0. The van der Waals surface area contributed by atoms with Gasteiger partial charge in [-0.1, -0.05) is 12.1 Å². The summed E-state index contributed by atoms with van der Waals surface area (Å²) in [5.41, 5.74) is 0.403. The number of carbonyl (C=O) groups excluding carboxylic acids is 4. The number of nitrogens with zero attached hydrogens (tertiary/aromatic N) is 2. The van der Waals surface area contributed by atoms with Crippen molar-refractivity contribution in [3.05, 3.63) is 47.3 Å². The molecule has 25 heavy (non-hydrogen) atoms. The van der Waals surface area contributed by atoms with Crippen molar-refractivity contribution in [1.29, 1.82) is 0 Å². The van der Waals surface area contributed by atoms with E-state index < -0.39 is 30.2 Å². The number of hydrogen-bond acceptors (Lipinski definition) is 7. The van der Waals surface area contributed by atoms with E-state index in [1.807, 2.05) is 0 Å². The zero-order valence-electron chi connectivity index (χ0n) is 13.1. The quantitative estimate of drug-likeness (QED) is 0.637. The maximum atomic E-state index is 12.2. The molecule has 0 atom stereocenters. The van der Waals surface area contributed by atoms with E-state index in [9.17, 15) is 19.2 Å². The largest absolute Gasteiger partial charge is 0.461 e. The third-order valence-corrected chi connectivity index (χ3v) is 3.42. The Hall–Kier alpha value is -3.49. The summed E-state index contributed by atoms with van der Waals surface area (Å²) in [5, 5.41) is 2.28. The van der Waals surface area contributed by atoms with E-state index in [2.05, 4.69) is 10.3 Å². The molecule has 2 heterocycles. The maximum absolute atomic E-state index is 12.2. The number of amides is 3. The van der Waals surface area contributed by atoms with Crippen molar-refractivity contribution in [2.24, 2.45) is 0 Å². The van der Waals surface area contributed by atoms with Crippen molar-refractivity contribution >= 4 is 29.7 Å². The summed E-state index contributed by atoms with van der Waals surface area (Å²) in [6.45, 7) is 1.32. The Kier molecular flexibility index (Phi) is 4.29. The third kappa shape index (κ3) is 3.11. The van der Waals surface area contributed by atoms with Crippen molar-refractivity contribution in [2.45, 2.75) is 6.92 Å². The fourth-order valence-electron chi connectivity index (χ4n) is 2.32. The van der Waals surface area contributed by atoms with Gasteiger partial charge < -0.3 is 9.15 Å². The maximum Gasteiger partial charge on any atom is 0.360 e. The molecule has 0 saturated heterocycles. The van der Waals surface area contributed by atoms with Gasteiger partial charge in [-0.3, -0.25) is 24.6 Å². The van der Waals surface area contributed by atoms with Crippen LogP contribution in [-0.4, -0.2) is 46.7 Å². The molecule has 3 amide bonds. The van der Waals surface area contributed by atoms with Crippen LogP contribution in [0.2, 0.25) is 0 Å². The summed E-state index contributed by atoms with van der Waals surface area (Å²) in [6.07, 6.45) is 1.04. The van der Waals surface area contributed by atoms with E-state index in [0.29, 0.717) is 0 Å². The molecule has 0 spiro atoms. The van der Waals surface area contributed by atoms with E-state index in [-0.39, 0.29) is 29.4 Å². The molecule has 0 saturated carbocycles. The Morgan fingerprint density at radius 1 is 1.20 bits per heavy atom. The Morgan fingerprint density at radius 3 is 2.44 bits per heavy atom. The second-order valence-corrected chi connectivity index (χ2v) is 5.05. The van der Waals surface area contributed by atoms with Crippen molar-refractivity contribution < 1.29 is 28.3 Å². The molecule has 0 radical (unpaired) electrons. The molecule has 1 aliphatic heterocycles. The molecule has 1 aromatic heterocycles. The minimum atomic E-state index is -0.688. The van der Waals surface area contributed by atoms with Gasteiger partial charge in [0.2, 0.25) is 5.91 Å². The molecule has 1 N–H and O–H groups in total. The summed E-state index contributed by atoms with van der Waals surface area (Å²) < 4.78 is 9.70. The number of nitrogens with one attached hydrogen (secondary N) is 1. The summed E-state index contributed by atoms with van der Waals surface area (Å²) in [4.78, 5) is 52.5. The Balaban J connectivity index is 1.65. The Morgan fingerprint density at radius 2 is 1.84 bits per heavy atom. The monoisotopic (exact) mass is 343 g/mol. The zero-order valence-corrected chi connectivity index (χ0v) is 13.1. The van der Waals surface area contributed by atoms with Gasteiger partial charge in [0.05, 0.1) is 17.7 Å². The predicted octanol–water partition coefficient (Wildman–Crippen LogP) is 1.09. The first-order chi connectivity index (χ1) is 12.0. The number of fused-ring (bicyclic) bond motifs is 1. The molecule has 0 unspecified atom stereocenters. The van der Waals surface area contributed by atoms with Gasteiger partial charge in [0.25, 0.3) is 11.8 Å². The molecule has 1 aliphatic rings. The van der Waals surface area contributed by atoms with Gasteiger partial charge in [0.15, 0.2) is 5.69 Å². The van der Waals surface area contributed by atoms with Gasteiger partial charge in [-0.25, -0.2) is 4.79 Å². The first-order valence-corrected chi connectivity index (χ1v) is 7.39. The Labute approximate surface area is 141 Å². The van der Waals surface area contributed by atoms with E-state index >= 15 is 0 Å². The van der Waals surface area contributed by atoms with Crippen molar-refractivity contribution in [3.8, 4) is 0 Å². The number of carbonyl (C=O) groups is 4. The van der Waals surface area contributed by atoms with Crippen LogP contribution in [0.3, 0.4) is 0 Å². The number of anilines is 1. The van der Waals surface area contributed by atoms with Crippen molar-refractivity contribution in [1.82, 2.24) is 9.88 Å². The highest BCUT2D eigenvalue weighted by Crippen LogP contribution is 2.22. The van der Waals surface area contributed by atoms with Gasteiger partial charge in [0.1, 0.15) is 12.8 Å². The van der Waals surface area contributed by atoms with Crippen molar-refractivity contribution in [2.75, 3.05) is 18.5 Å². The molecule has 0 aliphatic carbocycles. The normalized spacial score (nSPS) is 12.9. The van der Waals surface area contributed by atoms with Gasteiger partial charge in [-0.15, -0.1) is 0 Å². The summed E-state index contributed by atoms with van der Waals surface area (Å²) in [5.74, 6) is -2.47. The standard InChI is InChI=1S/C16H13N3O6/c1-2-24-15(23)11-8-25-16(17-11)18-12(20)7-19-13(21)9-5-3-4-6-10(9)14(19)22/h3-6,8H,2,7H2,1H3,(H,17,18,20). The molecule has 1 aromatic carbocycles. The number of benzene rings is 1. The van der Waals surface area contributed by atoms with Crippen molar-refractivity contribution in [3.63, 3.8) is 0 Å². The Bertz CT molecular complexity index is 837. The van der Waals surface area contributed by atoms with Gasteiger partial charge in [0, 0.05) is 0 Å². The van der Waals surface area contributed by atoms with Crippen LogP contribution in [0.1, 0.15) is 38.1 Å². The molecule has 9 heteroatoms. The van der Waals surface area contributed by atoms with Crippen LogP contribution in [0.15, 0.2) is 34.9 Å². The number of hydrogen-bond donors (Lipinski definition) is 1. The van der Waals surface area contributed by atoms with Crippen LogP contribution in [0, 0.1) is 0 Å². The van der Waals surface area contributed by atoms with E-state index in [4.69, 9.17) is 9.15 Å².